The standard InChI is InChI=1S/C44H41N3O6S2/c1-27(2)21-22-52-36-20-17-32(24-37(36)51-4)39-38(40(48)31-15-18-34(19-16-31)53-25-29-10-7-9-28(3)23-29)41(49)42(50)47(39)43-45-46-44(55-43)54-26-33-13-8-12-30-11-5-6-14-35(30)33/h5-20,23-24,27,39,48H,21-22,25-26H2,1-4H3. The molecule has 0 bridgehead atoms. The number of carbonyl (C=O) groups excluding carboxylic acids is 2. The molecule has 0 spiro atoms. The van der Waals surface area contributed by atoms with E-state index in [9.17, 15) is 14.7 Å². The number of aliphatic hydroxyl groups is 1. The summed E-state index contributed by atoms with van der Waals surface area (Å²) in [7, 11) is 1.54. The smallest absolute Gasteiger partial charge is 0.301 e. The highest BCUT2D eigenvalue weighted by Crippen LogP contribution is 2.46. The van der Waals surface area contributed by atoms with Crippen molar-refractivity contribution in [2.24, 2.45) is 5.92 Å². The van der Waals surface area contributed by atoms with Crippen molar-refractivity contribution in [1.29, 1.82) is 0 Å². The number of thioether (sulfide) groups is 1. The number of anilines is 1. The number of hydrogen-bond acceptors (Lipinski definition) is 10. The summed E-state index contributed by atoms with van der Waals surface area (Å²) in [6, 6.07) is 33.5. The Morgan fingerprint density at radius 3 is 2.45 bits per heavy atom. The topological polar surface area (TPSA) is 111 Å². The first kappa shape index (κ1) is 37.7. The van der Waals surface area contributed by atoms with E-state index in [1.807, 2.05) is 43.3 Å². The molecule has 280 valence electrons. The van der Waals surface area contributed by atoms with Gasteiger partial charge in [0.1, 0.15) is 18.1 Å². The van der Waals surface area contributed by atoms with Crippen LogP contribution in [0, 0.1) is 12.8 Å². The number of aromatic nitrogens is 2. The molecule has 7 rings (SSSR count). The van der Waals surface area contributed by atoms with Crippen LogP contribution in [0.3, 0.4) is 0 Å². The van der Waals surface area contributed by atoms with Crippen molar-refractivity contribution in [3.05, 3.63) is 143 Å². The summed E-state index contributed by atoms with van der Waals surface area (Å²) in [4.78, 5) is 29.3. The highest BCUT2D eigenvalue weighted by Gasteiger charge is 2.48. The molecule has 0 saturated carbocycles. The lowest BCUT2D eigenvalue weighted by Crippen LogP contribution is -2.29. The number of benzene rings is 5. The van der Waals surface area contributed by atoms with E-state index in [-0.39, 0.29) is 16.5 Å². The Bertz CT molecular complexity index is 2370. The first-order valence-electron chi connectivity index (χ1n) is 18.0. The summed E-state index contributed by atoms with van der Waals surface area (Å²) in [5, 5.41) is 23.2. The number of aliphatic hydroxyl groups excluding tert-OH is 1. The van der Waals surface area contributed by atoms with Crippen molar-refractivity contribution < 1.29 is 28.9 Å². The number of rotatable bonds is 14. The molecular weight excluding hydrogens is 731 g/mol. The number of aryl methyl sites for hydroxylation is 1. The zero-order chi connectivity index (χ0) is 38.5. The molecular formula is C44H41N3O6S2. The summed E-state index contributed by atoms with van der Waals surface area (Å²) >= 11 is 2.72. The minimum absolute atomic E-state index is 0.0749. The van der Waals surface area contributed by atoms with Crippen LogP contribution in [0.4, 0.5) is 5.13 Å². The number of nitrogens with zero attached hydrogens (tertiary/aromatic N) is 3. The minimum atomic E-state index is -1.03. The average molecular weight is 772 g/mol. The lowest BCUT2D eigenvalue weighted by molar-refractivity contribution is -0.132. The van der Waals surface area contributed by atoms with Gasteiger partial charge in [-0.15, -0.1) is 10.2 Å². The predicted octanol–water partition coefficient (Wildman–Crippen LogP) is 9.93. The van der Waals surface area contributed by atoms with Gasteiger partial charge in [-0.3, -0.25) is 14.5 Å². The average Bonchev–Trinajstić information content (AvgIpc) is 3.77. The number of methoxy groups -OCH3 is 1. The van der Waals surface area contributed by atoms with Crippen LogP contribution in [-0.2, 0) is 21.9 Å². The first-order valence-corrected chi connectivity index (χ1v) is 19.8. The highest BCUT2D eigenvalue weighted by molar-refractivity contribution is 8.00. The number of ketones is 1. The van der Waals surface area contributed by atoms with Gasteiger partial charge in [0.2, 0.25) is 5.13 Å². The van der Waals surface area contributed by atoms with E-state index in [0.29, 0.717) is 57.6 Å². The molecule has 6 aromatic rings. The van der Waals surface area contributed by atoms with Crippen molar-refractivity contribution in [2.45, 2.75) is 49.9 Å². The third kappa shape index (κ3) is 8.38. The highest BCUT2D eigenvalue weighted by atomic mass is 32.2. The molecule has 9 nitrogen and oxygen atoms in total. The second-order valence-electron chi connectivity index (χ2n) is 13.7. The van der Waals surface area contributed by atoms with Crippen molar-refractivity contribution in [2.75, 3.05) is 18.6 Å². The zero-order valence-corrected chi connectivity index (χ0v) is 32.7. The van der Waals surface area contributed by atoms with Crippen molar-refractivity contribution in [1.82, 2.24) is 10.2 Å². The molecule has 2 heterocycles. The zero-order valence-electron chi connectivity index (χ0n) is 31.0. The van der Waals surface area contributed by atoms with Crippen molar-refractivity contribution in [3.63, 3.8) is 0 Å². The van der Waals surface area contributed by atoms with Crippen LogP contribution in [-0.4, -0.2) is 40.7 Å². The van der Waals surface area contributed by atoms with Gasteiger partial charge in [-0.2, -0.15) is 0 Å². The molecule has 11 heteroatoms. The summed E-state index contributed by atoms with van der Waals surface area (Å²) in [6.07, 6.45) is 0.860. The Hall–Kier alpha value is -5.65. The molecule has 1 aliphatic rings. The van der Waals surface area contributed by atoms with E-state index >= 15 is 0 Å². The van der Waals surface area contributed by atoms with Gasteiger partial charge >= 0.3 is 5.91 Å². The van der Waals surface area contributed by atoms with Crippen molar-refractivity contribution >= 4 is 56.5 Å². The van der Waals surface area contributed by atoms with Gasteiger partial charge in [-0.25, -0.2) is 0 Å². The molecule has 1 saturated heterocycles. The molecule has 0 radical (unpaired) electrons. The minimum Gasteiger partial charge on any atom is -0.507 e. The SMILES string of the molecule is COc1cc(C2C(=C(O)c3ccc(OCc4cccc(C)c4)cc3)C(=O)C(=O)N2c2nnc(SCc3cccc4ccccc34)s2)ccc1OCCC(C)C. The Labute approximate surface area is 328 Å². The van der Waals surface area contributed by atoms with Gasteiger partial charge in [-0.05, 0) is 83.1 Å². The van der Waals surface area contributed by atoms with Crippen molar-refractivity contribution in [3.8, 4) is 17.2 Å². The maximum Gasteiger partial charge on any atom is 0.301 e. The van der Waals surface area contributed by atoms with Crippen LogP contribution in [0.1, 0.15) is 54.1 Å². The molecule has 1 fully saturated rings. The molecule has 0 aliphatic carbocycles. The maximum atomic E-state index is 14.0. The Morgan fingerprint density at radius 2 is 1.67 bits per heavy atom. The van der Waals surface area contributed by atoms with Gasteiger partial charge in [-0.1, -0.05) is 115 Å². The van der Waals surface area contributed by atoms with E-state index in [1.54, 1.807) is 42.5 Å². The van der Waals surface area contributed by atoms with E-state index < -0.39 is 17.7 Å². The number of Topliss-reactive ketones (excluding diaryl/α,β-unsaturated/α-hetero) is 1. The number of amides is 1. The van der Waals surface area contributed by atoms with Gasteiger partial charge in [0.25, 0.3) is 5.78 Å². The van der Waals surface area contributed by atoms with Crippen LogP contribution in [0.2, 0.25) is 0 Å². The van der Waals surface area contributed by atoms with Gasteiger partial charge < -0.3 is 19.3 Å². The van der Waals surface area contributed by atoms with Gasteiger partial charge in [0.05, 0.1) is 25.3 Å². The second-order valence-corrected chi connectivity index (χ2v) is 15.9. The van der Waals surface area contributed by atoms with Crippen LogP contribution < -0.4 is 19.1 Å². The Morgan fingerprint density at radius 1 is 0.891 bits per heavy atom. The Kier molecular flexibility index (Phi) is 11.5. The number of carbonyl (C=O) groups is 2. The van der Waals surface area contributed by atoms with Gasteiger partial charge in [0, 0.05) is 11.3 Å². The largest absolute Gasteiger partial charge is 0.507 e. The molecule has 1 amide bonds. The normalized spacial score (nSPS) is 15.2. The van der Waals surface area contributed by atoms with Crippen LogP contribution in [0.25, 0.3) is 16.5 Å². The van der Waals surface area contributed by atoms with Crippen LogP contribution >= 0.6 is 23.1 Å². The second kappa shape index (κ2) is 16.8. The fraction of sp³-hybridized carbons (Fsp3) is 0.227. The molecule has 55 heavy (non-hydrogen) atoms. The lowest BCUT2D eigenvalue weighted by Gasteiger charge is -2.23. The predicted molar refractivity (Wildman–Crippen MR) is 218 cm³/mol. The molecule has 1 N–H and O–H groups in total. The monoisotopic (exact) mass is 771 g/mol. The number of ether oxygens (including phenoxy) is 3. The third-order valence-electron chi connectivity index (χ3n) is 9.35. The lowest BCUT2D eigenvalue weighted by atomic mass is 9.95. The fourth-order valence-electron chi connectivity index (χ4n) is 6.47. The summed E-state index contributed by atoms with van der Waals surface area (Å²) in [5.41, 5.74) is 4.14. The number of fused-ring (bicyclic) bond motifs is 1. The van der Waals surface area contributed by atoms with E-state index in [1.165, 1.54) is 35.1 Å². The van der Waals surface area contributed by atoms with E-state index in [4.69, 9.17) is 14.2 Å². The summed E-state index contributed by atoms with van der Waals surface area (Å²) < 4.78 is 18.4. The quantitative estimate of drug-likeness (QED) is 0.0380. The maximum absolute atomic E-state index is 14.0. The third-order valence-corrected chi connectivity index (χ3v) is 11.5. The van der Waals surface area contributed by atoms with E-state index in [0.717, 1.165) is 33.9 Å². The molecule has 1 aromatic heterocycles. The summed E-state index contributed by atoms with van der Waals surface area (Å²) in [6.45, 7) is 7.15. The molecule has 1 unspecified atom stereocenters. The van der Waals surface area contributed by atoms with E-state index in [2.05, 4.69) is 54.4 Å². The van der Waals surface area contributed by atoms with Crippen LogP contribution in [0.15, 0.2) is 119 Å². The van der Waals surface area contributed by atoms with Gasteiger partial charge in [0.15, 0.2) is 15.8 Å². The van der Waals surface area contributed by atoms with Crippen LogP contribution in [0.5, 0.6) is 17.2 Å². The summed E-state index contributed by atoms with van der Waals surface area (Å²) in [5.74, 6) is 0.691. The first-order chi connectivity index (χ1) is 26.7. The number of hydrogen-bond donors (Lipinski definition) is 1. The molecule has 1 atom stereocenters. The molecule has 1 aliphatic heterocycles. The fourth-order valence-corrected chi connectivity index (χ4v) is 8.34. The molecule has 5 aromatic carbocycles. The Balaban J connectivity index is 1.21.